The van der Waals surface area contributed by atoms with Crippen LogP contribution in [0.4, 0.5) is 0 Å². The van der Waals surface area contributed by atoms with Crippen LogP contribution in [0.3, 0.4) is 0 Å². The first-order chi connectivity index (χ1) is 4.34. The van der Waals surface area contributed by atoms with Crippen molar-refractivity contribution < 1.29 is 0 Å². The van der Waals surface area contributed by atoms with Gasteiger partial charge in [-0.25, -0.2) is 0 Å². The molecule has 0 aliphatic heterocycles. The minimum Gasteiger partial charge on any atom is -0.327 e. The van der Waals surface area contributed by atoms with Crippen LogP contribution in [0.15, 0.2) is 0 Å². The van der Waals surface area contributed by atoms with Crippen LogP contribution >= 0.6 is 0 Å². The summed E-state index contributed by atoms with van der Waals surface area (Å²) in [6.07, 6.45) is 9.73. The van der Waals surface area contributed by atoms with Gasteiger partial charge in [0.1, 0.15) is 0 Å². The number of hydrogen-bond acceptors (Lipinski definition) is 1. The van der Waals surface area contributed by atoms with Gasteiger partial charge in [0.15, 0.2) is 0 Å². The normalized spacial score (nSPS) is 34.2. The van der Waals surface area contributed by atoms with Crippen LogP contribution < -0.4 is 5.73 Å². The largest absolute Gasteiger partial charge is 0.327 e. The van der Waals surface area contributed by atoms with E-state index in [1.54, 1.807) is 0 Å². The summed E-state index contributed by atoms with van der Waals surface area (Å²) in [5.41, 5.74) is 5.77. The summed E-state index contributed by atoms with van der Waals surface area (Å²) in [6.45, 7) is 0. The molecular weight excluding hydrogens is 110 g/mol. The predicted molar refractivity (Wildman–Crippen MR) is 38.8 cm³/mol. The molecule has 0 bridgehead atoms. The monoisotopic (exact) mass is 123 g/mol. The van der Waals surface area contributed by atoms with Crippen molar-refractivity contribution in [1.29, 1.82) is 0 Å². The minimum atomic E-state index is 0.390. The molecule has 2 N–H and O–H groups in total. The molecule has 0 spiro atoms. The zero-order chi connectivity index (χ0) is 6.69. The molecule has 1 fully saturated rings. The third kappa shape index (κ3) is 1.46. The molecule has 0 radical (unpaired) electrons. The second kappa shape index (κ2) is 2.89. The Morgan fingerprint density at radius 1 is 1.56 bits per heavy atom. The first-order valence-corrected chi connectivity index (χ1v) is 3.53. The van der Waals surface area contributed by atoms with Gasteiger partial charge in [-0.3, -0.25) is 0 Å². The Morgan fingerprint density at radius 3 is 2.78 bits per heavy atom. The maximum absolute atomic E-state index is 5.77. The van der Waals surface area contributed by atoms with Crippen LogP contribution in [0.5, 0.6) is 0 Å². The fourth-order valence-electron chi connectivity index (χ4n) is 1.47. The molecule has 1 heteroatoms. The van der Waals surface area contributed by atoms with Crippen molar-refractivity contribution in [2.75, 3.05) is 0 Å². The number of hydrogen-bond donors (Lipinski definition) is 1. The van der Waals surface area contributed by atoms with Crippen LogP contribution in [0.25, 0.3) is 0 Å². The Morgan fingerprint density at radius 2 is 2.33 bits per heavy atom. The first kappa shape index (κ1) is 6.64. The smallest absolute Gasteiger partial charge is 0.0129 e. The van der Waals surface area contributed by atoms with Gasteiger partial charge in [-0.05, 0) is 18.8 Å². The fourth-order valence-corrected chi connectivity index (χ4v) is 1.47. The molecule has 0 aromatic rings. The zero-order valence-corrected chi connectivity index (χ0v) is 5.64. The summed E-state index contributed by atoms with van der Waals surface area (Å²) in [6, 6.07) is 0.390. The Balaban J connectivity index is 2.33. The second-order valence-corrected chi connectivity index (χ2v) is 2.76. The van der Waals surface area contributed by atoms with E-state index < -0.39 is 0 Å². The van der Waals surface area contributed by atoms with Gasteiger partial charge in [0.05, 0.1) is 0 Å². The third-order valence-corrected chi connectivity index (χ3v) is 2.10. The molecule has 0 amide bonds. The van der Waals surface area contributed by atoms with Crippen molar-refractivity contribution in [3.8, 4) is 12.3 Å². The molecule has 50 valence electrons. The van der Waals surface area contributed by atoms with E-state index in [1.807, 2.05) is 0 Å². The Labute approximate surface area is 56.6 Å². The van der Waals surface area contributed by atoms with Crippen LogP contribution in [0, 0.1) is 18.3 Å². The molecule has 0 saturated heterocycles. The van der Waals surface area contributed by atoms with Gasteiger partial charge in [0, 0.05) is 12.5 Å². The molecule has 2 atom stereocenters. The van der Waals surface area contributed by atoms with Crippen LogP contribution in [0.2, 0.25) is 0 Å². The standard InChI is InChI=1S/C8H13N/c1-2-4-7-5-3-6-8(7)9/h1,7-8H,3-6,9H2/t7-,8+/m0/s1. The average Bonchev–Trinajstić information content (AvgIpc) is 2.18. The summed E-state index contributed by atoms with van der Waals surface area (Å²) >= 11 is 0. The van der Waals surface area contributed by atoms with Crippen LogP contribution in [-0.4, -0.2) is 6.04 Å². The number of nitrogens with two attached hydrogens (primary N) is 1. The van der Waals surface area contributed by atoms with E-state index in [1.165, 1.54) is 19.3 Å². The Kier molecular flexibility index (Phi) is 2.13. The summed E-state index contributed by atoms with van der Waals surface area (Å²) in [4.78, 5) is 0. The maximum atomic E-state index is 5.77. The van der Waals surface area contributed by atoms with E-state index in [2.05, 4.69) is 5.92 Å². The lowest BCUT2D eigenvalue weighted by Crippen LogP contribution is -2.23. The van der Waals surface area contributed by atoms with E-state index in [0.717, 1.165) is 6.42 Å². The van der Waals surface area contributed by atoms with Crippen molar-refractivity contribution in [2.45, 2.75) is 31.7 Å². The van der Waals surface area contributed by atoms with Crippen molar-refractivity contribution in [1.82, 2.24) is 0 Å². The highest BCUT2D eigenvalue weighted by Crippen LogP contribution is 2.25. The molecule has 0 aromatic carbocycles. The lowest BCUT2D eigenvalue weighted by atomic mass is 10.0. The van der Waals surface area contributed by atoms with Crippen molar-refractivity contribution >= 4 is 0 Å². The van der Waals surface area contributed by atoms with Crippen LogP contribution in [-0.2, 0) is 0 Å². The molecule has 1 saturated carbocycles. The Bertz CT molecular complexity index is 123. The van der Waals surface area contributed by atoms with Gasteiger partial charge in [0.2, 0.25) is 0 Å². The van der Waals surface area contributed by atoms with Gasteiger partial charge in [-0.1, -0.05) is 6.42 Å². The Hall–Kier alpha value is -0.480. The van der Waals surface area contributed by atoms with Gasteiger partial charge >= 0.3 is 0 Å². The highest BCUT2D eigenvalue weighted by molar-refractivity contribution is 4.92. The highest BCUT2D eigenvalue weighted by atomic mass is 14.7. The quantitative estimate of drug-likeness (QED) is 0.520. The van der Waals surface area contributed by atoms with E-state index in [0.29, 0.717) is 12.0 Å². The second-order valence-electron chi connectivity index (χ2n) is 2.76. The van der Waals surface area contributed by atoms with Gasteiger partial charge < -0.3 is 5.73 Å². The average molecular weight is 123 g/mol. The third-order valence-electron chi connectivity index (χ3n) is 2.10. The van der Waals surface area contributed by atoms with E-state index in [9.17, 15) is 0 Å². The topological polar surface area (TPSA) is 26.0 Å². The van der Waals surface area contributed by atoms with Crippen molar-refractivity contribution in [3.63, 3.8) is 0 Å². The highest BCUT2D eigenvalue weighted by Gasteiger charge is 2.22. The minimum absolute atomic E-state index is 0.390. The van der Waals surface area contributed by atoms with E-state index >= 15 is 0 Å². The summed E-state index contributed by atoms with van der Waals surface area (Å²) in [5, 5.41) is 0. The molecule has 1 rings (SSSR count). The molecule has 1 aliphatic carbocycles. The summed E-state index contributed by atoms with van der Waals surface area (Å²) < 4.78 is 0. The van der Waals surface area contributed by atoms with Gasteiger partial charge in [-0.2, -0.15) is 0 Å². The molecule has 0 unspecified atom stereocenters. The molecule has 1 aliphatic rings. The lowest BCUT2D eigenvalue weighted by molar-refractivity contribution is 0.494. The maximum Gasteiger partial charge on any atom is 0.0129 e. The van der Waals surface area contributed by atoms with Crippen molar-refractivity contribution in [2.24, 2.45) is 11.7 Å². The lowest BCUT2D eigenvalue weighted by Gasteiger charge is -2.09. The summed E-state index contributed by atoms with van der Waals surface area (Å²) in [5.74, 6) is 3.28. The molecule has 1 nitrogen and oxygen atoms in total. The first-order valence-electron chi connectivity index (χ1n) is 3.53. The fraction of sp³-hybridized carbons (Fsp3) is 0.750. The predicted octanol–water partition coefficient (Wildman–Crippen LogP) is 1.14. The number of rotatable bonds is 1. The molecular formula is C8H13N. The van der Waals surface area contributed by atoms with E-state index in [4.69, 9.17) is 12.2 Å². The molecule has 0 heterocycles. The SMILES string of the molecule is C#CC[C@H]1CCC[C@H]1N. The molecule has 9 heavy (non-hydrogen) atoms. The van der Waals surface area contributed by atoms with Gasteiger partial charge in [0.25, 0.3) is 0 Å². The van der Waals surface area contributed by atoms with E-state index in [-0.39, 0.29) is 0 Å². The van der Waals surface area contributed by atoms with Gasteiger partial charge in [-0.15, -0.1) is 12.3 Å². The number of terminal acetylenes is 1. The summed E-state index contributed by atoms with van der Waals surface area (Å²) in [7, 11) is 0. The van der Waals surface area contributed by atoms with Crippen LogP contribution in [0.1, 0.15) is 25.7 Å². The molecule has 0 aromatic heterocycles. The zero-order valence-electron chi connectivity index (χ0n) is 5.64. The van der Waals surface area contributed by atoms with Crippen molar-refractivity contribution in [3.05, 3.63) is 0 Å².